The minimum Gasteiger partial charge on any atom is -0.392 e. The maximum Gasteiger partial charge on any atom is 0.0615 e. The molecule has 1 rings (SSSR count). The molecular weight excluding hydrogens is 366 g/mol. The number of likely N-dealkylation sites (tertiary alicyclic amines) is 1. The van der Waals surface area contributed by atoms with Crippen LogP contribution in [0.2, 0.25) is 0 Å². The summed E-state index contributed by atoms with van der Waals surface area (Å²) in [6.07, 6.45) is 21.9. The van der Waals surface area contributed by atoms with Crippen molar-refractivity contribution < 1.29 is 5.11 Å². The van der Waals surface area contributed by atoms with Gasteiger partial charge >= 0.3 is 0 Å². The van der Waals surface area contributed by atoms with Gasteiger partial charge in [0.15, 0.2) is 0 Å². The lowest BCUT2D eigenvalue weighted by Gasteiger charge is -2.42. The number of hydrogen-bond acceptors (Lipinski definition) is 2. The Labute approximate surface area is 185 Å². The first-order valence-electron chi connectivity index (χ1n) is 11.2. The van der Waals surface area contributed by atoms with Gasteiger partial charge in [-0.05, 0) is 75.0 Å². The Bertz CT molecular complexity index is 762. The fourth-order valence-electron chi connectivity index (χ4n) is 3.55. The van der Waals surface area contributed by atoms with Crippen LogP contribution in [0, 0.1) is 5.92 Å². The van der Waals surface area contributed by atoms with E-state index < -0.39 is 0 Å². The van der Waals surface area contributed by atoms with Gasteiger partial charge in [0.05, 0.1) is 6.61 Å². The molecule has 0 aromatic carbocycles. The van der Waals surface area contributed by atoms with Gasteiger partial charge in [-0.1, -0.05) is 68.2 Å². The van der Waals surface area contributed by atoms with Crippen LogP contribution in [0.1, 0.15) is 48.0 Å². The van der Waals surface area contributed by atoms with Crippen molar-refractivity contribution in [1.29, 1.82) is 0 Å². The summed E-state index contributed by atoms with van der Waals surface area (Å²) in [6.45, 7) is 19.5. The fraction of sp³-hybridized carbons (Fsp3) is 0.429. The molecule has 1 fully saturated rings. The van der Waals surface area contributed by atoms with Gasteiger partial charge in [0.1, 0.15) is 0 Å². The monoisotopic (exact) mass is 407 g/mol. The first-order valence-corrected chi connectivity index (χ1v) is 11.2. The quantitative estimate of drug-likeness (QED) is 0.384. The van der Waals surface area contributed by atoms with Gasteiger partial charge in [-0.25, -0.2) is 0 Å². The van der Waals surface area contributed by atoms with E-state index in [-0.39, 0.29) is 6.61 Å². The maximum absolute atomic E-state index is 9.24. The molecule has 0 aromatic heterocycles. The van der Waals surface area contributed by atoms with E-state index in [1.54, 1.807) is 6.08 Å². The molecule has 0 unspecified atom stereocenters. The molecule has 2 heteroatoms. The number of rotatable bonds is 11. The van der Waals surface area contributed by atoms with Crippen LogP contribution < -0.4 is 0 Å². The standard InChI is InChI=1S/C28H41NO/c1-8-13-24(14-9-2)19-28(26(11-4)15-12-18-30)23(7)16-17-25(10-3)27-20-29(21-27)22(5)6/h8,10-17,19,22,27,30H,7,9,18,20-21H2,1-6H3/b13-8-,15-12-,17-16-,24-14+,25-10+,26-11+,28-19+. The van der Waals surface area contributed by atoms with E-state index in [9.17, 15) is 5.11 Å². The second-order valence-electron chi connectivity index (χ2n) is 7.89. The Kier molecular flexibility index (Phi) is 12.0. The van der Waals surface area contributed by atoms with E-state index in [1.165, 1.54) is 11.1 Å². The zero-order chi connectivity index (χ0) is 22.5. The van der Waals surface area contributed by atoms with E-state index >= 15 is 0 Å². The van der Waals surface area contributed by atoms with E-state index in [2.05, 4.69) is 87.8 Å². The van der Waals surface area contributed by atoms with Crippen molar-refractivity contribution in [2.24, 2.45) is 5.92 Å². The van der Waals surface area contributed by atoms with E-state index in [0.717, 1.165) is 36.2 Å². The molecule has 1 heterocycles. The first-order chi connectivity index (χ1) is 14.4. The maximum atomic E-state index is 9.24. The molecule has 1 aliphatic heterocycles. The molecule has 1 aliphatic rings. The second-order valence-corrected chi connectivity index (χ2v) is 7.89. The molecule has 0 amide bonds. The third kappa shape index (κ3) is 7.93. The van der Waals surface area contributed by atoms with E-state index in [0.29, 0.717) is 12.0 Å². The van der Waals surface area contributed by atoms with Crippen molar-refractivity contribution in [2.45, 2.75) is 54.0 Å². The Morgan fingerprint density at radius 2 is 1.77 bits per heavy atom. The van der Waals surface area contributed by atoms with Crippen LogP contribution in [-0.2, 0) is 0 Å². The summed E-state index contributed by atoms with van der Waals surface area (Å²) >= 11 is 0. The molecule has 2 nitrogen and oxygen atoms in total. The molecule has 30 heavy (non-hydrogen) atoms. The summed E-state index contributed by atoms with van der Waals surface area (Å²) in [6, 6.07) is 0.610. The molecule has 1 N–H and O–H groups in total. The molecule has 0 aromatic rings. The topological polar surface area (TPSA) is 23.5 Å². The van der Waals surface area contributed by atoms with Gasteiger partial charge in [0.2, 0.25) is 0 Å². The largest absolute Gasteiger partial charge is 0.392 e. The number of aliphatic hydroxyl groups is 1. The van der Waals surface area contributed by atoms with Gasteiger partial charge < -0.3 is 5.11 Å². The average Bonchev–Trinajstić information content (AvgIpc) is 2.68. The van der Waals surface area contributed by atoms with Crippen LogP contribution in [-0.4, -0.2) is 35.7 Å². The third-order valence-electron chi connectivity index (χ3n) is 5.40. The van der Waals surface area contributed by atoms with Gasteiger partial charge in [0.25, 0.3) is 0 Å². The molecule has 1 saturated heterocycles. The lowest BCUT2D eigenvalue weighted by atomic mass is 9.88. The first kappa shape index (κ1) is 25.9. The summed E-state index contributed by atoms with van der Waals surface area (Å²) in [5.41, 5.74) is 5.64. The zero-order valence-corrected chi connectivity index (χ0v) is 19.9. The molecule has 0 radical (unpaired) electrons. The van der Waals surface area contributed by atoms with Crippen LogP contribution in [0.25, 0.3) is 0 Å². The van der Waals surface area contributed by atoms with Gasteiger partial charge in [-0.2, -0.15) is 0 Å². The van der Waals surface area contributed by atoms with Crippen LogP contribution >= 0.6 is 0 Å². The normalized spacial score (nSPS) is 18.4. The van der Waals surface area contributed by atoms with Crippen LogP contribution in [0.3, 0.4) is 0 Å². The summed E-state index contributed by atoms with van der Waals surface area (Å²) in [5.74, 6) is 0.600. The van der Waals surface area contributed by atoms with Crippen molar-refractivity contribution in [3.63, 3.8) is 0 Å². The van der Waals surface area contributed by atoms with Crippen molar-refractivity contribution in [1.82, 2.24) is 4.90 Å². The van der Waals surface area contributed by atoms with Crippen molar-refractivity contribution in [3.05, 3.63) is 95.2 Å². The highest BCUT2D eigenvalue weighted by atomic mass is 16.2. The number of aliphatic hydroxyl groups excluding tert-OH is 1. The van der Waals surface area contributed by atoms with E-state index in [4.69, 9.17) is 0 Å². The summed E-state index contributed by atoms with van der Waals surface area (Å²) in [5, 5.41) is 9.24. The lowest BCUT2D eigenvalue weighted by molar-refractivity contribution is 0.0897. The smallest absolute Gasteiger partial charge is 0.0615 e. The van der Waals surface area contributed by atoms with E-state index in [1.807, 2.05) is 19.9 Å². The molecule has 0 bridgehead atoms. The minimum absolute atomic E-state index is 0.0240. The number of allylic oxidation sites excluding steroid dienone is 13. The number of nitrogens with zero attached hydrogens (tertiary/aromatic N) is 1. The highest BCUT2D eigenvalue weighted by molar-refractivity contribution is 5.58. The Morgan fingerprint density at radius 3 is 2.27 bits per heavy atom. The van der Waals surface area contributed by atoms with Gasteiger partial charge in [-0.3, -0.25) is 4.90 Å². The Balaban J connectivity index is 3.17. The zero-order valence-electron chi connectivity index (χ0n) is 19.9. The van der Waals surface area contributed by atoms with Crippen molar-refractivity contribution >= 4 is 0 Å². The second kappa shape index (κ2) is 14.0. The van der Waals surface area contributed by atoms with Crippen LogP contribution in [0.5, 0.6) is 0 Å². The lowest BCUT2D eigenvalue weighted by Crippen LogP contribution is -2.50. The Morgan fingerprint density at radius 1 is 1.07 bits per heavy atom. The third-order valence-corrected chi connectivity index (χ3v) is 5.40. The predicted molar refractivity (Wildman–Crippen MR) is 133 cm³/mol. The molecular formula is C28H41NO. The van der Waals surface area contributed by atoms with Crippen molar-refractivity contribution in [3.8, 4) is 0 Å². The summed E-state index contributed by atoms with van der Waals surface area (Å²) in [4.78, 5) is 2.50. The molecule has 0 spiro atoms. The Hall–Kier alpha value is -2.16. The van der Waals surface area contributed by atoms with Gasteiger partial charge in [-0.15, -0.1) is 0 Å². The number of hydrogen-bond donors (Lipinski definition) is 1. The summed E-state index contributed by atoms with van der Waals surface area (Å²) in [7, 11) is 0. The summed E-state index contributed by atoms with van der Waals surface area (Å²) < 4.78 is 0. The highest BCUT2D eigenvalue weighted by Gasteiger charge is 2.29. The SMILES string of the molecule is C=C(/C=C\C(=C/C)C1CN(C(C)C)C1)C(=C\C(\C=C/C)=C\CC)/C(/C=C\CO)=C/C. The molecule has 0 saturated carbocycles. The molecule has 164 valence electrons. The average molecular weight is 408 g/mol. The van der Waals surface area contributed by atoms with Crippen molar-refractivity contribution in [2.75, 3.05) is 19.7 Å². The highest BCUT2D eigenvalue weighted by Crippen LogP contribution is 2.28. The molecule has 0 atom stereocenters. The molecule has 0 aliphatic carbocycles. The minimum atomic E-state index is 0.0240. The van der Waals surface area contributed by atoms with Crippen LogP contribution in [0.4, 0.5) is 0 Å². The predicted octanol–water partition coefficient (Wildman–Crippen LogP) is 6.72. The van der Waals surface area contributed by atoms with Gasteiger partial charge in [0, 0.05) is 25.0 Å². The van der Waals surface area contributed by atoms with Crippen LogP contribution in [0.15, 0.2) is 95.2 Å². The fourth-order valence-corrected chi connectivity index (χ4v) is 3.55.